The first-order valence-electron chi connectivity index (χ1n) is 11.0. The zero-order valence-electron chi connectivity index (χ0n) is 20.2. The smallest absolute Gasteiger partial charge is 0.315 e. The second-order valence-corrected chi connectivity index (χ2v) is 8.93. The molecule has 7 nitrogen and oxygen atoms in total. The number of amides is 1. The van der Waals surface area contributed by atoms with Crippen LogP contribution < -0.4 is 14.8 Å². The Morgan fingerprint density at radius 3 is 2.11 bits per heavy atom. The lowest BCUT2D eigenvalue weighted by molar-refractivity contribution is -0.142. The molecule has 3 aromatic carbocycles. The summed E-state index contributed by atoms with van der Waals surface area (Å²) in [6.45, 7) is 3.98. The summed E-state index contributed by atoms with van der Waals surface area (Å²) in [5.74, 6) is -0.557. The van der Waals surface area contributed by atoms with Crippen LogP contribution in [-0.4, -0.2) is 31.9 Å². The van der Waals surface area contributed by atoms with Crippen LogP contribution in [0.2, 0.25) is 10.0 Å². The lowest BCUT2D eigenvalue weighted by Gasteiger charge is -2.19. The number of hydrogen-bond acceptors (Lipinski definition) is 6. The van der Waals surface area contributed by atoms with Crippen molar-refractivity contribution in [2.45, 2.75) is 26.2 Å². The van der Waals surface area contributed by atoms with E-state index in [4.69, 9.17) is 32.7 Å². The first-order chi connectivity index (χ1) is 17.1. The molecule has 0 atom stereocenters. The maximum absolute atomic E-state index is 13.4. The maximum Gasteiger partial charge on any atom is 0.315 e. The molecule has 1 N–H and O–H groups in total. The minimum atomic E-state index is -0.680. The van der Waals surface area contributed by atoms with Crippen LogP contribution in [0.15, 0.2) is 54.6 Å². The van der Waals surface area contributed by atoms with Gasteiger partial charge in [-0.2, -0.15) is 0 Å². The molecule has 0 fully saturated rings. The Kier molecular flexibility index (Phi) is 8.96. The third kappa shape index (κ3) is 6.36. The van der Waals surface area contributed by atoms with Crippen LogP contribution in [0, 0.1) is 0 Å². The van der Waals surface area contributed by atoms with Gasteiger partial charge in [0.15, 0.2) is 11.5 Å². The van der Waals surface area contributed by atoms with Gasteiger partial charge >= 0.3 is 5.97 Å². The minimum Gasteiger partial charge on any atom is -0.496 e. The fourth-order valence-electron chi connectivity index (χ4n) is 3.46. The molecule has 0 bridgehead atoms. The van der Waals surface area contributed by atoms with Crippen molar-refractivity contribution in [1.29, 1.82) is 0 Å². The van der Waals surface area contributed by atoms with Crippen LogP contribution in [0.1, 0.15) is 47.7 Å². The lowest BCUT2D eigenvalue weighted by Crippen LogP contribution is -2.17. The van der Waals surface area contributed by atoms with Crippen molar-refractivity contribution in [2.24, 2.45) is 0 Å². The highest BCUT2D eigenvalue weighted by atomic mass is 35.5. The summed E-state index contributed by atoms with van der Waals surface area (Å²) in [4.78, 5) is 36.7. The van der Waals surface area contributed by atoms with E-state index >= 15 is 0 Å². The predicted molar refractivity (Wildman–Crippen MR) is 139 cm³/mol. The van der Waals surface area contributed by atoms with Gasteiger partial charge < -0.3 is 19.5 Å². The average Bonchev–Trinajstić information content (AvgIpc) is 2.85. The second-order valence-electron chi connectivity index (χ2n) is 8.11. The number of anilines is 1. The zero-order chi connectivity index (χ0) is 26.4. The number of ketones is 1. The van der Waals surface area contributed by atoms with Crippen molar-refractivity contribution in [3.05, 3.63) is 81.3 Å². The number of benzene rings is 3. The average molecular weight is 530 g/mol. The zero-order valence-corrected chi connectivity index (χ0v) is 21.7. The molecule has 0 aliphatic carbocycles. The number of nitrogens with one attached hydrogen (secondary N) is 1. The molecule has 0 aromatic heterocycles. The summed E-state index contributed by atoms with van der Waals surface area (Å²) in [5.41, 5.74) is 1.84. The molecule has 0 heterocycles. The van der Waals surface area contributed by atoms with E-state index < -0.39 is 18.3 Å². The van der Waals surface area contributed by atoms with Crippen LogP contribution in [0.5, 0.6) is 17.2 Å². The van der Waals surface area contributed by atoms with E-state index in [1.165, 1.54) is 19.2 Å². The molecule has 3 aromatic rings. The fraction of sp³-hybridized carbons (Fsp3) is 0.222. The summed E-state index contributed by atoms with van der Waals surface area (Å²) < 4.78 is 16.1. The first kappa shape index (κ1) is 27.0. The van der Waals surface area contributed by atoms with Crippen LogP contribution in [0.3, 0.4) is 0 Å². The first-order valence-corrected chi connectivity index (χ1v) is 11.7. The quantitative estimate of drug-likeness (QED) is 0.189. The Labute approximate surface area is 219 Å². The monoisotopic (exact) mass is 529 g/mol. The summed E-state index contributed by atoms with van der Waals surface area (Å²) in [6, 6.07) is 15.0. The number of rotatable bonds is 9. The molecule has 0 saturated carbocycles. The molecule has 36 heavy (non-hydrogen) atoms. The molecule has 0 saturated heterocycles. The SMILES string of the molecule is COC(=O)CC(=O)Nc1cc(Cl)c(Oc2cc(C(C)C)c(OC)cc2C(=O)c2ccccc2)c(Cl)c1. The van der Waals surface area contributed by atoms with Gasteiger partial charge in [-0.3, -0.25) is 14.4 Å². The molecule has 1 amide bonds. The van der Waals surface area contributed by atoms with Crippen molar-refractivity contribution < 1.29 is 28.6 Å². The summed E-state index contributed by atoms with van der Waals surface area (Å²) in [6.07, 6.45) is -0.460. The Balaban J connectivity index is 2.02. The summed E-state index contributed by atoms with van der Waals surface area (Å²) in [7, 11) is 2.73. The third-order valence-electron chi connectivity index (χ3n) is 5.26. The van der Waals surface area contributed by atoms with Crippen molar-refractivity contribution >= 4 is 46.5 Å². The Morgan fingerprint density at radius 2 is 1.56 bits per heavy atom. The van der Waals surface area contributed by atoms with Crippen LogP contribution in [0.4, 0.5) is 5.69 Å². The van der Waals surface area contributed by atoms with E-state index in [-0.39, 0.29) is 44.5 Å². The molecular formula is C27H25Cl2NO6. The number of carbonyl (C=O) groups is 3. The van der Waals surface area contributed by atoms with E-state index in [0.717, 1.165) is 5.56 Å². The Hall–Kier alpha value is -3.55. The number of esters is 1. The van der Waals surface area contributed by atoms with Crippen LogP contribution in [0.25, 0.3) is 0 Å². The highest BCUT2D eigenvalue weighted by Gasteiger charge is 2.23. The molecule has 0 aliphatic heterocycles. The normalized spacial score (nSPS) is 10.6. The van der Waals surface area contributed by atoms with Crippen molar-refractivity contribution in [1.82, 2.24) is 0 Å². The number of hydrogen-bond donors (Lipinski definition) is 1. The number of ether oxygens (including phenoxy) is 3. The topological polar surface area (TPSA) is 90.9 Å². The van der Waals surface area contributed by atoms with E-state index in [1.807, 2.05) is 19.9 Å². The molecule has 0 unspecified atom stereocenters. The van der Waals surface area contributed by atoms with Gasteiger partial charge in [0.2, 0.25) is 5.91 Å². The van der Waals surface area contributed by atoms with Gasteiger partial charge in [-0.25, -0.2) is 0 Å². The highest BCUT2D eigenvalue weighted by Crippen LogP contribution is 2.42. The van der Waals surface area contributed by atoms with Crippen molar-refractivity contribution in [2.75, 3.05) is 19.5 Å². The number of methoxy groups -OCH3 is 2. The molecule has 188 valence electrons. The standard InChI is InChI=1S/C27H25Cl2NO6/c1-15(2)18-12-23(19(13-22(18)34-3)26(33)16-8-6-5-7-9-16)36-27-20(28)10-17(11-21(27)29)30-24(31)14-25(32)35-4/h5-13,15H,14H2,1-4H3,(H,30,31). The van der Waals surface area contributed by atoms with Gasteiger partial charge in [-0.15, -0.1) is 0 Å². The van der Waals surface area contributed by atoms with Gasteiger partial charge in [-0.05, 0) is 30.2 Å². The Morgan fingerprint density at radius 1 is 0.917 bits per heavy atom. The molecule has 9 heteroatoms. The number of halogens is 2. The van der Waals surface area contributed by atoms with Crippen LogP contribution in [-0.2, 0) is 14.3 Å². The summed E-state index contributed by atoms with van der Waals surface area (Å²) >= 11 is 12.9. The molecule has 0 spiro atoms. The van der Waals surface area contributed by atoms with Gasteiger partial charge in [0.1, 0.15) is 17.9 Å². The summed E-state index contributed by atoms with van der Waals surface area (Å²) in [5, 5.41) is 2.72. The van der Waals surface area contributed by atoms with E-state index in [9.17, 15) is 14.4 Å². The fourth-order valence-corrected chi connectivity index (χ4v) is 4.02. The second kappa shape index (κ2) is 11.9. The van der Waals surface area contributed by atoms with E-state index in [0.29, 0.717) is 11.3 Å². The van der Waals surface area contributed by atoms with E-state index in [1.54, 1.807) is 43.5 Å². The lowest BCUT2D eigenvalue weighted by atomic mass is 9.95. The molecule has 0 aliphatic rings. The Bertz CT molecular complexity index is 1270. The van der Waals surface area contributed by atoms with Crippen LogP contribution >= 0.6 is 23.2 Å². The minimum absolute atomic E-state index is 0.0709. The van der Waals surface area contributed by atoms with Crippen molar-refractivity contribution in [3.63, 3.8) is 0 Å². The van der Waals surface area contributed by atoms with Crippen molar-refractivity contribution in [3.8, 4) is 17.2 Å². The largest absolute Gasteiger partial charge is 0.496 e. The highest BCUT2D eigenvalue weighted by molar-refractivity contribution is 6.37. The van der Waals surface area contributed by atoms with E-state index in [2.05, 4.69) is 10.1 Å². The molecule has 0 radical (unpaired) electrons. The van der Waals surface area contributed by atoms with Gasteiger partial charge in [0, 0.05) is 16.8 Å². The molecular weight excluding hydrogens is 505 g/mol. The van der Waals surface area contributed by atoms with Gasteiger partial charge in [0.25, 0.3) is 0 Å². The molecule has 3 rings (SSSR count). The number of carbonyl (C=O) groups excluding carboxylic acids is 3. The van der Waals surface area contributed by atoms with Gasteiger partial charge in [-0.1, -0.05) is 67.4 Å². The maximum atomic E-state index is 13.4. The predicted octanol–water partition coefficient (Wildman–Crippen LogP) is 6.65. The third-order valence-corrected chi connectivity index (χ3v) is 5.82. The van der Waals surface area contributed by atoms with Gasteiger partial charge in [0.05, 0.1) is 29.8 Å².